The molecule has 1 heterocycles. The number of fused-ring (bicyclic) bond motifs is 1. The van der Waals surface area contributed by atoms with Gasteiger partial charge < -0.3 is 13.4 Å². The zero-order valence-corrected chi connectivity index (χ0v) is 17.8. The molecule has 0 spiro atoms. The Balaban J connectivity index is 1.72. The SMILES string of the molecule is CC[N+](C)(C)CCCCCCC[N@+](C)(CC)Cc1cc2ccccc2o1. The van der Waals surface area contributed by atoms with Crippen LogP contribution in [0.5, 0.6) is 0 Å². The molecular weight excluding hydrogens is 320 g/mol. The number of nitrogens with zero attached hydrogens (tertiary/aromatic N) is 2. The molecule has 26 heavy (non-hydrogen) atoms. The third-order valence-corrected chi connectivity index (χ3v) is 6.10. The van der Waals surface area contributed by atoms with Crippen molar-refractivity contribution in [2.75, 3.05) is 47.3 Å². The number of rotatable bonds is 12. The lowest BCUT2D eigenvalue weighted by Gasteiger charge is -2.32. The van der Waals surface area contributed by atoms with Crippen LogP contribution in [0.15, 0.2) is 34.7 Å². The van der Waals surface area contributed by atoms with Gasteiger partial charge in [0.25, 0.3) is 0 Å². The predicted octanol–water partition coefficient (Wildman–Crippen LogP) is 5.45. The van der Waals surface area contributed by atoms with E-state index in [1.807, 2.05) is 6.07 Å². The second-order valence-corrected chi connectivity index (χ2v) is 8.81. The maximum atomic E-state index is 6.05. The average Bonchev–Trinajstić information content (AvgIpc) is 3.02. The van der Waals surface area contributed by atoms with Gasteiger partial charge in [-0.3, -0.25) is 0 Å². The Morgan fingerprint density at radius 3 is 2.12 bits per heavy atom. The lowest BCUT2D eigenvalue weighted by atomic mass is 10.1. The summed E-state index contributed by atoms with van der Waals surface area (Å²) in [7, 11) is 7.04. The molecule has 0 aliphatic carbocycles. The van der Waals surface area contributed by atoms with Gasteiger partial charge in [0.05, 0.1) is 47.3 Å². The van der Waals surface area contributed by atoms with E-state index in [4.69, 9.17) is 4.42 Å². The summed E-state index contributed by atoms with van der Waals surface area (Å²) in [4.78, 5) is 0. The van der Waals surface area contributed by atoms with Gasteiger partial charge in [0.1, 0.15) is 12.1 Å². The zero-order valence-electron chi connectivity index (χ0n) is 17.8. The van der Waals surface area contributed by atoms with E-state index in [0.717, 1.165) is 33.4 Å². The van der Waals surface area contributed by atoms with Crippen molar-refractivity contribution < 1.29 is 13.4 Å². The average molecular weight is 361 g/mol. The van der Waals surface area contributed by atoms with Crippen molar-refractivity contribution in [3.8, 4) is 0 Å². The van der Waals surface area contributed by atoms with Crippen molar-refractivity contribution in [3.63, 3.8) is 0 Å². The Labute approximate surface area is 160 Å². The van der Waals surface area contributed by atoms with E-state index in [1.54, 1.807) is 0 Å². The van der Waals surface area contributed by atoms with Gasteiger partial charge in [-0.15, -0.1) is 0 Å². The van der Waals surface area contributed by atoms with Crippen LogP contribution in [-0.4, -0.2) is 56.3 Å². The molecule has 0 N–H and O–H groups in total. The number of hydrogen-bond acceptors (Lipinski definition) is 1. The number of para-hydroxylation sites is 1. The number of unbranched alkanes of at least 4 members (excludes halogenated alkanes) is 4. The fraction of sp³-hybridized carbons (Fsp3) is 0.652. The Kier molecular flexibility index (Phi) is 7.72. The van der Waals surface area contributed by atoms with Crippen LogP contribution in [0.25, 0.3) is 11.0 Å². The molecule has 0 unspecified atom stereocenters. The predicted molar refractivity (Wildman–Crippen MR) is 112 cm³/mol. The highest BCUT2D eigenvalue weighted by Gasteiger charge is 2.21. The summed E-state index contributed by atoms with van der Waals surface area (Å²) in [6.45, 7) is 10.5. The van der Waals surface area contributed by atoms with Crippen LogP contribution in [0, 0.1) is 0 Å². The van der Waals surface area contributed by atoms with Crippen molar-refractivity contribution >= 4 is 11.0 Å². The molecule has 2 rings (SSSR count). The van der Waals surface area contributed by atoms with Gasteiger partial charge in [0.2, 0.25) is 0 Å². The topological polar surface area (TPSA) is 13.1 Å². The minimum absolute atomic E-state index is 0.993. The summed E-state index contributed by atoms with van der Waals surface area (Å²) in [6, 6.07) is 10.5. The van der Waals surface area contributed by atoms with Gasteiger partial charge in [-0.25, -0.2) is 0 Å². The lowest BCUT2D eigenvalue weighted by molar-refractivity contribution is -0.922. The fourth-order valence-electron chi connectivity index (χ4n) is 3.56. The van der Waals surface area contributed by atoms with Crippen LogP contribution >= 0.6 is 0 Å². The van der Waals surface area contributed by atoms with Crippen molar-refractivity contribution in [3.05, 3.63) is 36.1 Å². The largest absolute Gasteiger partial charge is 0.455 e. The first-order valence-electron chi connectivity index (χ1n) is 10.5. The normalized spacial score (nSPS) is 14.7. The van der Waals surface area contributed by atoms with E-state index < -0.39 is 0 Å². The van der Waals surface area contributed by atoms with Gasteiger partial charge in [0, 0.05) is 5.39 Å². The molecule has 0 radical (unpaired) electrons. The van der Waals surface area contributed by atoms with E-state index in [9.17, 15) is 0 Å². The molecule has 3 nitrogen and oxygen atoms in total. The molecule has 0 aliphatic heterocycles. The third-order valence-electron chi connectivity index (χ3n) is 6.10. The van der Waals surface area contributed by atoms with Crippen LogP contribution in [0.3, 0.4) is 0 Å². The first-order chi connectivity index (χ1) is 12.4. The minimum atomic E-state index is 0.993. The summed E-state index contributed by atoms with van der Waals surface area (Å²) in [5.41, 5.74) is 1.01. The summed E-state index contributed by atoms with van der Waals surface area (Å²) in [5, 5.41) is 1.22. The summed E-state index contributed by atoms with van der Waals surface area (Å²) in [6.07, 6.45) is 6.78. The summed E-state index contributed by atoms with van der Waals surface area (Å²) in [5.74, 6) is 1.12. The van der Waals surface area contributed by atoms with Crippen molar-refractivity contribution in [2.24, 2.45) is 0 Å². The zero-order chi connectivity index (χ0) is 19.0. The fourth-order valence-corrected chi connectivity index (χ4v) is 3.56. The highest BCUT2D eigenvalue weighted by Crippen LogP contribution is 2.22. The van der Waals surface area contributed by atoms with Gasteiger partial charge >= 0.3 is 0 Å². The van der Waals surface area contributed by atoms with Crippen molar-refractivity contribution in [1.29, 1.82) is 0 Å². The van der Waals surface area contributed by atoms with E-state index in [1.165, 1.54) is 57.1 Å². The van der Waals surface area contributed by atoms with E-state index in [0.29, 0.717) is 0 Å². The van der Waals surface area contributed by atoms with Crippen LogP contribution in [0.2, 0.25) is 0 Å². The number of hydrogen-bond donors (Lipinski definition) is 0. The molecule has 0 saturated heterocycles. The van der Waals surface area contributed by atoms with Crippen molar-refractivity contribution in [1.82, 2.24) is 0 Å². The molecule has 0 bridgehead atoms. The summed E-state index contributed by atoms with van der Waals surface area (Å²) >= 11 is 0. The molecule has 1 atom stereocenters. The Hall–Kier alpha value is -1.32. The minimum Gasteiger partial charge on any atom is -0.455 e. The van der Waals surface area contributed by atoms with Crippen LogP contribution in [-0.2, 0) is 6.54 Å². The van der Waals surface area contributed by atoms with Gasteiger partial charge in [-0.05, 0) is 51.7 Å². The molecular formula is C23H40N2O+2. The summed E-state index contributed by atoms with van der Waals surface area (Å²) < 4.78 is 8.27. The third kappa shape index (κ3) is 6.44. The van der Waals surface area contributed by atoms with E-state index in [-0.39, 0.29) is 0 Å². The smallest absolute Gasteiger partial charge is 0.159 e. The van der Waals surface area contributed by atoms with Crippen LogP contribution in [0.1, 0.15) is 51.7 Å². The van der Waals surface area contributed by atoms with Crippen LogP contribution in [0.4, 0.5) is 0 Å². The molecule has 1 aromatic carbocycles. The number of furan rings is 1. The standard InChI is InChI=1S/C23H40N2O/c1-6-24(3,4)17-13-9-8-10-14-18-25(5,7-2)20-22-19-21-15-11-12-16-23(21)26-22/h11-12,15-16,19H,6-10,13-14,17-18,20H2,1-5H3/q+2/t25-/m0/s1. The molecule has 1 aromatic heterocycles. The molecule has 146 valence electrons. The second kappa shape index (κ2) is 9.57. The highest BCUT2D eigenvalue weighted by molar-refractivity contribution is 5.77. The van der Waals surface area contributed by atoms with E-state index >= 15 is 0 Å². The lowest BCUT2D eigenvalue weighted by Crippen LogP contribution is -2.43. The number of quaternary nitrogens is 2. The Morgan fingerprint density at radius 1 is 0.808 bits per heavy atom. The van der Waals surface area contributed by atoms with Gasteiger partial charge in [-0.2, -0.15) is 0 Å². The Bertz CT molecular complexity index is 628. The quantitative estimate of drug-likeness (QED) is 0.362. The van der Waals surface area contributed by atoms with Gasteiger partial charge in [0.15, 0.2) is 5.76 Å². The molecule has 0 aliphatic rings. The first kappa shape index (κ1) is 21.0. The maximum Gasteiger partial charge on any atom is 0.159 e. The second-order valence-electron chi connectivity index (χ2n) is 8.81. The Morgan fingerprint density at radius 2 is 1.46 bits per heavy atom. The first-order valence-corrected chi connectivity index (χ1v) is 10.5. The molecule has 0 fully saturated rings. The van der Waals surface area contributed by atoms with E-state index in [2.05, 4.69) is 59.3 Å². The molecule has 3 heteroatoms. The van der Waals surface area contributed by atoms with Gasteiger partial charge in [-0.1, -0.05) is 24.6 Å². The highest BCUT2D eigenvalue weighted by atomic mass is 16.3. The molecule has 0 saturated carbocycles. The number of benzene rings is 1. The van der Waals surface area contributed by atoms with Crippen LogP contribution < -0.4 is 0 Å². The maximum absolute atomic E-state index is 6.05. The molecule has 0 amide bonds. The molecule has 2 aromatic rings. The monoisotopic (exact) mass is 360 g/mol. The van der Waals surface area contributed by atoms with Crippen molar-refractivity contribution in [2.45, 2.75) is 52.5 Å².